The van der Waals surface area contributed by atoms with Crippen molar-refractivity contribution in [3.63, 3.8) is 0 Å². The lowest BCUT2D eigenvalue weighted by atomic mass is 9.99. The molecule has 0 aromatic heterocycles. The van der Waals surface area contributed by atoms with Crippen LogP contribution in [0.5, 0.6) is 0 Å². The number of aliphatic hydroxyl groups is 3. The third kappa shape index (κ3) is 9.10. The highest BCUT2D eigenvalue weighted by Crippen LogP contribution is 2.22. The number of quaternary nitrogens is 1. The average Bonchev–Trinajstić information content (AvgIpc) is 2.58. The smallest absolute Gasteiger partial charge is 0.329 e. The van der Waals surface area contributed by atoms with Crippen molar-refractivity contribution in [3.8, 4) is 0 Å². The van der Waals surface area contributed by atoms with Crippen LogP contribution >= 0.6 is 0 Å². The molecule has 166 valence electrons. The summed E-state index contributed by atoms with van der Waals surface area (Å²) >= 11 is 0. The van der Waals surface area contributed by atoms with Crippen molar-refractivity contribution in [2.45, 2.75) is 43.5 Å². The minimum atomic E-state index is -1.58. The fourth-order valence-electron chi connectivity index (χ4n) is 3.14. The molecule has 1 heterocycles. The van der Waals surface area contributed by atoms with Crippen LogP contribution in [-0.2, 0) is 19.0 Å². The summed E-state index contributed by atoms with van der Waals surface area (Å²) < 4.78 is 16.6. The molecule has 1 aliphatic rings. The molecule has 10 nitrogen and oxygen atoms in total. The first kappa shape index (κ1) is 25.2. The topological polar surface area (TPSA) is 129 Å². The highest BCUT2D eigenvalue weighted by molar-refractivity contribution is 5.68. The summed E-state index contributed by atoms with van der Waals surface area (Å²) in [6.07, 6.45) is -4.67. The number of hydrogen-bond acceptors (Lipinski definition) is 8. The SMILES string of the molecule is CN(C)CCC[N+](C)(C)CCCOCC1OC(O)C(O)C(OCC(=O)O)C1O. The lowest BCUT2D eigenvalue weighted by Crippen LogP contribution is -2.59. The minimum Gasteiger partial charge on any atom is -0.480 e. The molecular formula is C18H37N2O8+. The summed E-state index contributed by atoms with van der Waals surface area (Å²) in [7, 11) is 8.46. The molecule has 1 fully saturated rings. The highest BCUT2D eigenvalue weighted by Gasteiger charge is 2.45. The van der Waals surface area contributed by atoms with E-state index in [0.29, 0.717) is 6.61 Å². The van der Waals surface area contributed by atoms with Gasteiger partial charge in [-0.05, 0) is 14.1 Å². The van der Waals surface area contributed by atoms with Crippen molar-refractivity contribution in [2.75, 3.05) is 67.6 Å². The number of carboxylic acids is 1. The lowest BCUT2D eigenvalue weighted by molar-refractivity contribution is -0.890. The Morgan fingerprint density at radius 1 is 1.11 bits per heavy atom. The fourth-order valence-corrected chi connectivity index (χ4v) is 3.14. The van der Waals surface area contributed by atoms with E-state index in [2.05, 4.69) is 33.1 Å². The van der Waals surface area contributed by atoms with Crippen molar-refractivity contribution >= 4 is 5.97 Å². The maximum Gasteiger partial charge on any atom is 0.329 e. The Kier molecular flexibility index (Phi) is 10.8. The van der Waals surface area contributed by atoms with E-state index in [1.54, 1.807) is 0 Å². The van der Waals surface area contributed by atoms with E-state index in [-0.39, 0.29) is 6.61 Å². The normalized spacial score (nSPS) is 28.6. The van der Waals surface area contributed by atoms with Crippen LogP contribution in [0.4, 0.5) is 0 Å². The summed E-state index contributed by atoms with van der Waals surface area (Å²) in [5.74, 6) is -1.24. The van der Waals surface area contributed by atoms with Crippen LogP contribution in [0.3, 0.4) is 0 Å². The number of rotatable bonds is 13. The third-order valence-electron chi connectivity index (χ3n) is 4.76. The lowest BCUT2D eigenvalue weighted by Gasteiger charge is -2.40. The second kappa shape index (κ2) is 12.0. The average molecular weight is 410 g/mol. The molecule has 1 saturated heterocycles. The first-order valence-corrected chi connectivity index (χ1v) is 9.61. The molecule has 1 aliphatic heterocycles. The molecule has 0 aromatic carbocycles. The van der Waals surface area contributed by atoms with Crippen LogP contribution in [-0.4, -0.2) is 134 Å². The minimum absolute atomic E-state index is 0.00589. The quantitative estimate of drug-likeness (QED) is 0.208. The van der Waals surface area contributed by atoms with Crippen molar-refractivity contribution in [1.29, 1.82) is 0 Å². The Bertz CT molecular complexity index is 463. The van der Waals surface area contributed by atoms with Gasteiger partial charge in [0.2, 0.25) is 0 Å². The molecule has 0 amide bonds. The third-order valence-corrected chi connectivity index (χ3v) is 4.76. The predicted octanol–water partition coefficient (Wildman–Crippen LogP) is -1.67. The van der Waals surface area contributed by atoms with Crippen LogP contribution in [0.25, 0.3) is 0 Å². The predicted molar refractivity (Wildman–Crippen MR) is 101 cm³/mol. The first-order chi connectivity index (χ1) is 13.0. The summed E-state index contributed by atoms with van der Waals surface area (Å²) in [5.41, 5.74) is 0. The molecule has 10 heteroatoms. The molecule has 4 N–H and O–H groups in total. The Hall–Kier alpha value is -0.850. The van der Waals surface area contributed by atoms with Gasteiger partial charge in [-0.1, -0.05) is 0 Å². The molecule has 0 saturated carbocycles. The van der Waals surface area contributed by atoms with Gasteiger partial charge in [0.1, 0.15) is 31.0 Å². The molecule has 28 heavy (non-hydrogen) atoms. The number of aliphatic hydroxyl groups excluding tert-OH is 3. The monoisotopic (exact) mass is 409 g/mol. The number of nitrogens with zero attached hydrogens (tertiary/aromatic N) is 2. The van der Waals surface area contributed by atoms with Gasteiger partial charge < -0.3 is 44.0 Å². The molecule has 0 spiro atoms. The Balaban J connectivity index is 2.34. The molecular weight excluding hydrogens is 372 g/mol. The van der Waals surface area contributed by atoms with Crippen LogP contribution < -0.4 is 0 Å². The van der Waals surface area contributed by atoms with Crippen molar-refractivity contribution in [3.05, 3.63) is 0 Å². The van der Waals surface area contributed by atoms with Gasteiger partial charge in [0.05, 0.1) is 40.4 Å². The van der Waals surface area contributed by atoms with E-state index in [1.807, 2.05) is 0 Å². The van der Waals surface area contributed by atoms with Gasteiger partial charge in [-0.25, -0.2) is 4.79 Å². The Morgan fingerprint density at radius 2 is 1.75 bits per heavy atom. The molecule has 5 atom stereocenters. The van der Waals surface area contributed by atoms with E-state index in [9.17, 15) is 20.1 Å². The van der Waals surface area contributed by atoms with E-state index in [4.69, 9.17) is 19.3 Å². The zero-order chi connectivity index (χ0) is 21.3. The number of aliphatic carboxylic acids is 1. The zero-order valence-electron chi connectivity index (χ0n) is 17.4. The van der Waals surface area contributed by atoms with Crippen LogP contribution in [0.1, 0.15) is 12.8 Å². The summed E-state index contributed by atoms with van der Waals surface area (Å²) in [4.78, 5) is 12.8. The molecule has 0 bridgehead atoms. The van der Waals surface area contributed by atoms with Gasteiger partial charge in [-0.2, -0.15) is 0 Å². The standard InChI is InChI=1S/C18H36N2O8/c1-19(2)7-5-8-20(3,4)9-6-10-26-11-13-15(23)17(27-12-14(21)22)16(24)18(25)28-13/h13,15-18,23-25H,5-12H2,1-4H3/p+1. The van der Waals surface area contributed by atoms with Gasteiger partial charge in [0, 0.05) is 19.4 Å². The maximum absolute atomic E-state index is 10.6. The summed E-state index contributed by atoms with van der Waals surface area (Å²) in [6.45, 7) is 2.82. The molecule has 0 aromatic rings. The van der Waals surface area contributed by atoms with Crippen LogP contribution in [0.2, 0.25) is 0 Å². The van der Waals surface area contributed by atoms with Gasteiger partial charge in [-0.15, -0.1) is 0 Å². The van der Waals surface area contributed by atoms with Crippen LogP contribution in [0, 0.1) is 0 Å². The van der Waals surface area contributed by atoms with E-state index in [0.717, 1.165) is 37.0 Å². The summed E-state index contributed by atoms with van der Waals surface area (Å²) in [5, 5.41) is 38.5. The van der Waals surface area contributed by atoms with Crippen molar-refractivity contribution in [1.82, 2.24) is 4.90 Å². The maximum atomic E-state index is 10.6. The van der Waals surface area contributed by atoms with Gasteiger partial charge in [0.15, 0.2) is 6.29 Å². The Morgan fingerprint density at radius 3 is 2.36 bits per heavy atom. The molecule has 5 unspecified atom stereocenters. The molecule has 0 aliphatic carbocycles. The summed E-state index contributed by atoms with van der Waals surface area (Å²) in [6, 6.07) is 0. The zero-order valence-corrected chi connectivity index (χ0v) is 17.4. The number of hydrogen-bond donors (Lipinski definition) is 4. The second-order valence-corrected chi connectivity index (χ2v) is 8.18. The van der Waals surface area contributed by atoms with Crippen LogP contribution in [0.15, 0.2) is 0 Å². The second-order valence-electron chi connectivity index (χ2n) is 8.18. The largest absolute Gasteiger partial charge is 0.480 e. The van der Waals surface area contributed by atoms with Gasteiger partial charge >= 0.3 is 5.97 Å². The van der Waals surface area contributed by atoms with E-state index >= 15 is 0 Å². The first-order valence-electron chi connectivity index (χ1n) is 9.61. The number of ether oxygens (including phenoxy) is 3. The van der Waals surface area contributed by atoms with Gasteiger partial charge in [-0.3, -0.25) is 0 Å². The van der Waals surface area contributed by atoms with Gasteiger partial charge in [0.25, 0.3) is 0 Å². The number of carboxylic acid groups (broad SMARTS) is 1. The highest BCUT2D eigenvalue weighted by atomic mass is 16.7. The van der Waals surface area contributed by atoms with E-state index < -0.39 is 43.3 Å². The van der Waals surface area contributed by atoms with E-state index in [1.165, 1.54) is 0 Å². The van der Waals surface area contributed by atoms with Crippen molar-refractivity contribution in [2.24, 2.45) is 0 Å². The molecule has 0 radical (unpaired) electrons. The Labute approximate surface area is 166 Å². The number of carbonyl (C=O) groups is 1. The molecule has 1 rings (SSSR count). The fraction of sp³-hybridized carbons (Fsp3) is 0.944. The van der Waals surface area contributed by atoms with Crippen molar-refractivity contribution < 1.29 is 43.9 Å².